The second-order valence-corrected chi connectivity index (χ2v) is 8.37. The van der Waals surface area contributed by atoms with Crippen LogP contribution in [-0.2, 0) is 0 Å². The molecule has 1 N–H and O–H groups in total. The average Bonchev–Trinajstić information content (AvgIpc) is 3.13. The van der Waals surface area contributed by atoms with E-state index in [1.54, 1.807) is 13.0 Å². The van der Waals surface area contributed by atoms with Crippen LogP contribution in [0.1, 0.15) is 15.4 Å². The number of fused-ring (bicyclic) bond motifs is 1. The predicted molar refractivity (Wildman–Crippen MR) is 94.3 cm³/mol. The molecule has 3 aromatic rings. The fourth-order valence-electron chi connectivity index (χ4n) is 2.42. The van der Waals surface area contributed by atoms with Gasteiger partial charge in [-0.3, -0.25) is 9.36 Å². The first-order valence-electron chi connectivity index (χ1n) is 7.20. The number of benzene rings is 1. The van der Waals surface area contributed by atoms with Gasteiger partial charge < -0.3 is 5.11 Å². The number of hydrogen-bond donors (Lipinski definition) is 1. The Morgan fingerprint density at radius 1 is 1.19 bits per heavy atom. The van der Waals surface area contributed by atoms with Crippen LogP contribution < -0.4 is 0 Å². The lowest BCUT2D eigenvalue weighted by Crippen LogP contribution is -2.32. The van der Waals surface area contributed by atoms with Gasteiger partial charge in [0.05, 0.1) is 19.6 Å². The van der Waals surface area contributed by atoms with Gasteiger partial charge >= 0.3 is 11.4 Å². The molecule has 0 saturated heterocycles. The average molecular weight is 442 g/mol. The zero-order valence-electron chi connectivity index (χ0n) is 13.3. The molecule has 0 radical (unpaired) electrons. The molecular formula is C16H9ClF5NO2S2. The Kier molecular flexibility index (Phi) is 4.94. The van der Waals surface area contributed by atoms with E-state index in [9.17, 15) is 31.9 Å². The molecule has 0 spiro atoms. The number of halogens is 6. The Hall–Kier alpha value is -1.78. The second kappa shape index (κ2) is 6.68. The Labute approximate surface area is 162 Å². The van der Waals surface area contributed by atoms with Crippen LogP contribution in [0.4, 0.5) is 22.0 Å². The number of phenolic OH excluding ortho intramolecular Hbond substituents is 1. The predicted octanol–water partition coefficient (Wildman–Crippen LogP) is 6.31. The lowest BCUT2D eigenvalue weighted by molar-refractivity contribution is -0.237. The van der Waals surface area contributed by atoms with Crippen LogP contribution in [0.15, 0.2) is 34.5 Å². The van der Waals surface area contributed by atoms with E-state index in [1.807, 2.05) is 0 Å². The molecule has 0 aliphatic carbocycles. The number of alkyl halides is 5. The fourth-order valence-corrected chi connectivity index (χ4v) is 4.56. The molecule has 0 aliphatic rings. The molecule has 0 bridgehead atoms. The quantitative estimate of drug-likeness (QED) is 0.383. The van der Waals surface area contributed by atoms with Crippen molar-refractivity contribution >= 4 is 51.5 Å². The van der Waals surface area contributed by atoms with Crippen LogP contribution in [0.25, 0.3) is 10.9 Å². The molecule has 0 atom stereocenters. The zero-order valence-corrected chi connectivity index (χ0v) is 15.7. The van der Waals surface area contributed by atoms with Crippen molar-refractivity contribution in [2.75, 3.05) is 0 Å². The summed E-state index contributed by atoms with van der Waals surface area (Å²) >= 11 is 5.90. The Bertz CT molecular complexity index is 1040. The summed E-state index contributed by atoms with van der Waals surface area (Å²) in [5.74, 6) is -0.769. The molecule has 3 nitrogen and oxygen atoms in total. The SMILES string of the molecule is Cc1cc2c(Cl)c(O)ccc2n1C(=O)c1ccc(SC(F)(F)C(F)(F)F)s1. The number of aryl methyl sites for hydroxylation is 1. The molecule has 2 heterocycles. The van der Waals surface area contributed by atoms with E-state index in [0.717, 1.165) is 6.07 Å². The summed E-state index contributed by atoms with van der Waals surface area (Å²) in [5.41, 5.74) is 0.842. The summed E-state index contributed by atoms with van der Waals surface area (Å²) in [6.45, 7) is 1.60. The summed E-state index contributed by atoms with van der Waals surface area (Å²) in [6, 6.07) is 6.56. The minimum Gasteiger partial charge on any atom is -0.506 e. The molecular weight excluding hydrogens is 433 g/mol. The number of carbonyl (C=O) groups is 1. The highest BCUT2D eigenvalue weighted by molar-refractivity contribution is 8.02. The molecule has 0 aliphatic heterocycles. The molecule has 144 valence electrons. The summed E-state index contributed by atoms with van der Waals surface area (Å²) in [4.78, 5) is 12.7. The number of nitrogens with zero attached hydrogens (tertiary/aromatic N) is 1. The molecule has 2 aromatic heterocycles. The largest absolute Gasteiger partial charge is 0.506 e. The van der Waals surface area contributed by atoms with Crippen LogP contribution >= 0.6 is 34.7 Å². The van der Waals surface area contributed by atoms with Gasteiger partial charge in [0.25, 0.3) is 5.91 Å². The van der Waals surface area contributed by atoms with Crippen molar-refractivity contribution in [2.45, 2.75) is 22.6 Å². The minimum absolute atomic E-state index is 0.0136. The van der Waals surface area contributed by atoms with Crippen LogP contribution in [0, 0.1) is 6.92 Å². The number of aromatic nitrogens is 1. The standard InChI is InChI=1S/C16H9ClF5NO2S2/c1-7-6-8-9(2-3-10(24)13(8)17)23(7)14(25)11-4-5-12(26-11)27-16(21,22)15(18,19)20/h2-6,24H,1H3. The third-order valence-electron chi connectivity index (χ3n) is 3.64. The number of phenols is 1. The Morgan fingerprint density at radius 3 is 2.48 bits per heavy atom. The van der Waals surface area contributed by atoms with Gasteiger partial charge in [0.1, 0.15) is 5.75 Å². The first kappa shape index (κ1) is 20.0. The zero-order chi connectivity index (χ0) is 20.1. The van der Waals surface area contributed by atoms with Crippen molar-refractivity contribution in [1.82, 2.24) is 4.57 Å². The molecule has 0 fully saturated rings. The van der Waals surface area contributed by atoms with Crippen molar-refractivity contribution in [3.8, 4) is 5.75 Å². The third-order valence-corrected chi connectivity index (χ3v) is 6.23. The minimum atomic E-state index is -5.70. The van der Waals surface area contributed by atoms with Crippen molar-refractivity contribution in [3.63, 3.8) is 0 Å². The van der Waals surface area contributed by atoms with Gasteiger partial charge in [-0.15, -0.1) is 11.3 Å². The fraction of sp³-hybridized carbons (Fsp3) is 0.188. The highest BCUT2D eigenvalue weighted by Gasteiger charge is 2.58. The van der Waals surface area contributed by atoms with Gasteiger partial charge in [-0.1, -0.05) is 11.6 Å². The Morgan fingerprint density at radius 2 is 1.85 bits per heavy atom. The van der Waals surface area contributed by atoms with Crippen molar-refractivity contribution in [1.29, 1.82) is 0 Å². The monoisotopic (exact) mass is 441 g/mol. The van der Waals surface area contributed by atoms with Crippen molar-refractivity contribution < 1.29 is 31.9 Å². The van der Waals surface area contributed by atoms with Gasteiger partial charge in [0.15, 0.2) is 0 Å². The van der Waals surface area contributed by atoms with Gasteiger partial charge in [0, 0.05) is 11.1 Å². The molecule has 1 aromatic carbocycles. The Balaban J connectivity index is 1.97. The lowest BCUT2D eigenvalue weighted by Gasteiger charge is -2.17. The van der Waals surface area contributed by atoms with Crippen LogP contribution in [0.3, 0.4) is 0 Å². The number of rotatable bonds is 3. The molecule has 0 amide bonds. The number of thiophene rings is 1. The number of thioether (sulfide) groups is 1. The third kappa shape index (κ3) is 3.53. The van der Waals surface area contributed by atoms with E-state index in [0.29, 0.717) is 27.9 Å². The highest BCUT2D eigenvalue weighted by Crippen LogP contribution is 2.49. The van der Waals surface area contributed by atoms with Gasteiger partial charge in [-0.2, -0.15) is 22.0 Å². The van der Waals surface area contributed by atoms with Crippen molar-refractivity contribution in [2.24, 2.45) is 0 Å². The highest BCUT2D eigenvalue weighted by atomic mass is 35.5. The van der Waals surface area contributed by atoms with Gasteiger partial charge in [-0.05, 0) is 49.0 Å². The molecule has 3 rings (SSSR count). The van der Waals surface area contributed by atoms with E-state index >= 15 is 0 Å². The van der Waals surface area contributed by atoms with E-state index in [1.165, 1.54) is 22.8 Å². The van der Waals surface area contributed by atoms with Gasteiger partial charge in [-0.25, -0.2) is 0 Å². The maximum atomic E-state index is 13.2. The summed E-state index contributed by atoms with van der Waals surface area (Å²) in [6.07, 6.45) is -5.70. The number of carbonyl (C=O) groups excluding carboxylic acids is 1. The van der Waals surface area contributed by atoms with E-state index in [4.69, 9.17) is 11.6 Å². The molecule has 27 heavy (non-hydrogen) atoms. The number of aromatic hydroxyl groups is 1. The van der Waals surface area contributed by atoms with Crippen molar-refractivity contribution in [3.05, 3.63) is 45.9 Å². The van der Waals surface area contributed by atoms with E-state index in [-0.39, 0.29) is 19.9 Å². The van der Waals surface area contributed by atoms with Crippen LogP contribution in [0.5, 0.6) is 5.75 Å². The van der Waals surface area contributed by atoms with Gasteiger partial charge in [0.2, 0.25) is 0 Å². The topological polar surface area (TPSA) is 42.2 Å². The maximum absolute atomic E-state index is 13.2. The summed E-state index contributed by atoms with van der Waals surface area (Å²) in [7, 11) is 0. The lowest BCUT2D eigenvalue weighted by atomic mass is 10.2. The normalized spacial score (nSPS) is 12.7. The van der Waals surface area contributed by atoms with E-state index < -0.39 is 29.1 Å². The molecule has 0 unspecified atom stereocenters. The first-order valence-corrected chi connectivity index (χ1v) is 9.21. The second-order valence-electron chi connectivity index (χ2n) is 5.49. The smallest absolute Gasteiger partial charge is 0.464 e. The van der Waals surface area contributed by atoms with Crippen LogP contribution in [0.2, 0.25) is 5.02 Å². The maximum Gasteiger partial charge on any atom is 0.464 e. The molecule has 0 saturated carbocycles. The summed E-state index contributed by atoms with van der Waals surface area (Å²) < 4.78 is 64.3. The number of hydrogen-bond acceptors (Lipinski definition) is 4. The molecule has 11 heteroatoms. The summed E-state index contributed by atoms with van der Waals surface area (Å²) in [5, 5.41) is 5.17. The van der Waals surface area contributed by atoms with Crippen LogP contribution in [-0.4, -0.2) is 27.0 Å². The first-order chi connectivity index (χ1) is 12.4. The van der Waals surface area contributed by atoms with E-state index in [2.05, 4.69) is 0 Å².